The Balaban J connectivity index is 2.95. The Morgan fingerprint density at radius 3 is 2.75 bits per heavy atom. The van der Waals surface area contributed by atoms with Crippen LogP contribution in [-0.4, -0.2) is 19.8 Å². The monoisotopic (exact) mass is 276 g/mol. The van der Waals surface area contributed by atoms with Gasteiger partial charge in [0.2, 0.25) is 10.0 Å². The van der Waals surface area contributed by atoms with Gasteiger partial charge in [-0.3, -0.25) is 4.72 Å². The number of aliphatic imine (C=N–C) groups is 1. The van der Waals surface area contributed by atoms with Crippen molar-refractivity contribution < 1.29 is 8.42 Å². The summed E-state index contributed by atoms with van der Waals surface area (Å²) in [5, 5.41) is 2.67. The van der Waals surface area contributed by atoms with E-state index in [-0.39, 0.29) is 0 Å². The van der Waals surface area contributed by atoms with Crippen LogP contribution in [0.25, 0.3) is 0 Å². The molecule has 0 saturated carbocycles. The number of hydrogen-bond acceptors (Lipinski definition) is 4. The van der Waals surface area contributed by atoms with E-state index in [2.05, 4.69) is 27.1 Å². The predicted molar refractivity (Wildman–Crippen MR) is 68.6 cm³/mol. The molecule has 0 amide bonds. The quantitative estimate of drug-likeness (QED) is 0.678. The van der Waals surface area contributed by atoms with Gasteiger partial charge in [-0.25, -0.2) is 13.4 Å². The minimum absolute atomic E-state index is 0.335. The fourth-order valence-electron chi connectivity index (χ4n) is 1.07. The van der Waals surface area contributed by atoms with Crippen molar-refractivity contribution in [2.45, 2.75) is 6.54 Å². The SMILES string of the molecule is CS(=O)(=O)Nc1ccc(CN=C=S)c(Cl)c1. The number of nitrogens with zero attached hydrogens (tertiary/aromatic N) is 1. The van der Waals surface area contributed by atoms with Gasteiger partial charge in [-0.2, -0.15) is 0 Å². The Kier molecular flexibility index (Phi) is 4.44. The number of isothiocyanates is 1. The van der Waals surface area contributed by atoms with Gasteiger partial charge in [0.05, 0.1) is 18.0 Å². The summed E-state index contributed by atoms with van der Waals surface area (Å²) in [7, 11) is -3.28. The van der Waals surface area contributed by atoms with Crippen LogP contribution in [0.2, 0.25) is 5.02 Å². The van der Waals surface area contributed by atoms with Crippen LogP contribution in [0.15, 0.2) is 23.2 Å². The smallest absolute Gasteiger partial charge is 0.229 e. The minimum atomic E-state index is -3.28. The lowest BCUT2D eigenvalue weighted by molar-refractivity contribution is 0.607. The van der Waals surface area contributed by atoms with E-state index in [0.29, 0.717) is 17.3 Å². The van der Waals surface area contributed by atoms with Crippen LogP contribution in [0.3, 0.4) is 0 Å². The number of halogens is 1. The highest BCUT2D eigenvalue weighted by Gasteiger charge is 2.05. The molecule has 0 radical (unpaired) electrons. The van der Waals surface area contributed by atoms with Gasteiger partial charge in [-0.05, 0) is 29.9 Å². The lowest BCUT2D eigenvalue weighted by Crippen LogP contribution is -2.09. The summed E-state index contributed by atoms with van der Waals surface area (Å²) >= 11 is 10.4. The second-order valence-corrected chi connectivity index (χ2v) is 5.43. The fraction of sp³-hybridized carbons (Fsp3) is 0.222. The van der Waals surface area contributed by atoms with Crippen LogP contribution in [0.1, 0.15) is 5.56 Å². The molecule has 1 aromatic rings. The maximum Gasteiger partial charge on any atom is 0.229 e. The molecule has 0 aliphatic carbocycles. The number of sulfonamides is 1. The second-order valence-electron chi connectivity index (χ2n) is 3.09. The van der Waals surface area contributed by atoms with E-state index in [9.17, 15) is 8.42 Å². The highest BCUT2D eigenvalue weighted by molar-refractivity contribution is 7.92. The molecule has 4 nitrogen and oxygen atoms in total. The molecule has 0 bridgehead atoms. The molecule has 1 rings (SSSR count). The number of rotatable bonds is 4. The Morgan fingerprint density at radius 1 is 1.56 bits per heavy atom. The molecule has 7 heteroatoms. The molecule has 0 unspecified atom stereocenters. The number of anilines is 1. The van der Waals surface area contributed by atoms with E-state index in [1.54, 1.807) is 12.1 Å². The Bertz CT molecular complexity index is 536. The lowest BCUT2D eigenvalue weighted by Gasteiger charge is -2.06. The molecule has 86 valence electrons. The van der Waals surface area contributed by atoms with E-state index in [1.807, 2.05) is 0 Å². The van der Waals surface area contributed by atoms with Crippen LogP contribution in [-0.2, 0) is 16.6 Å². The summed E-state index contributed by atoms with van der Waals surface area (Å²) < 4.78 is 24.3. The first-order valence-electron chi connectivity index (χ1n) is 4.22. The zero-order chi connectivity index (χ0) is 12.2. The maximum atomic E-state index is 11.0. The average molecular weight is 277 g/mol. The van der Waals surface area contributed by atoms with Crippen LogP contribution in [0.4, 0.5) is 5.69 Å². The van der Waals surface area contributed by atoms with Gasteiger partial charge in [0.1, 0.15) is 0 Å². The third kappa shape index (κ3) is 4.28. The molecule has 0 fully saturated rings. The second kappa shape index (κ2) is 5.41. The summed E-state index contributed by atoms with van der Waals surface area (Å²) in [6, 6.07) is 4.82. The third-order valence-corrected chi connectivity index (χ3v) is 2.76. The van der Waals surface area contributed by atoms with Gasteiger partial charge >= 0.3 is 0 Å². The number of nitrogens with one attached hydrogen (secondary N) is 1. The predicted octanol–water partition coefficient (Wildman–Crippen LogP) is 2.31. The molecule has 0 atom stereocenters. The van der Waals surface area contributed by atoms with E-state index in [4.69, 9.17) is 11.6 Å². The molecule has 1 aromatic carbocycles. The standard InChI is InChI=1S/C9H9ClN2O2S2/c1-16(13,14)12-8-3-2-7(5-11-6-15)9(10)4-8/h2-4,12H,5H2,1H3. The van der Waals surface area contributed by atoms with Crippen molar-refractivity contribution in [2.24, 2.45) is 4.99 Å². The molecule has 1 N–H and O–H groups in total. The Labute approximate surface area is 104 Å². The van der Waals surface area contributed by atoms with Crippen molar-refractivity contribution in [3.05, 3.63) is 28.8 Å². The number of thiocarbonyl (C=S) groups is 1. The van der Waals surface area contributed by atoms with Crippen molar-refractivity contribution in [1.29, 1.82) is 0 Å². The first kappa shape index (κ1) is 13.1. The van der Waals surface area contributed by atoms with Crippen molar-refractivity contribution in [3.63, 3.8) is 0 Å². The lowest BCUT2D eigenvalue weighted by atomic mass is 10.2. The molecule has 0 aliphatic heterocycles. The molecular formula is C9H9ClN2O2S2. The summed E-state index contributed by atoms with van der Waals surface area (Å²) in [4.78, 5) is 3.75. The van der Waals surface area contributed by atoms with Crippen molar-refractivity contribution in [1.82, 2.24) is 0 Å². The van der Waals surface area contributed by atoms with E-state index in [1.165, 1.54) is 6.07 Å². The van der Waals surface area contributed by atoms with Gasteiger partial charge in [0, 0.05) is 10.7 Å². The van der Waals surface area contributed by atoms with Crippen LogP contribution in [0, 0.1) is 0 Å². The molecule has 0 aromatic heterocycles. The molecule has 0 aliphatic rings. The molecular weight excluding hydrogens is 268 g/mol. The minimum Gasteiger partial charge on any atom is -0.284 e. The van der Waals surface area contributed by atoms with E-state index in [0.717, 1.165) is 11.8 Å². The largest absolute Gasteiger partial charge is 0.284 e. The fourth-order valence-corrected chi connectivity index (χ4v) is 1.93. The van der Waals surface area contributed by atoms with Crippen molar-refractivity contribution in [2.75, 3.05) is 11.0 Å². The van der Waals surface area contributed by atoms with E-state index >= 15 is 0 Å². The normalized spacial score (nSPS) is 10.6. The first-order chi connectivity index (χ1) is 7.42. The van der Waals surface area contributed by atoms with Crippen LogP contribution >= 0.6 is 23.8 Å². The summed E-state index contributed by atoms with van der Waals surface area (Å²) in [6.07, 6.45) is 1.07. The summed E-state index contributed by atoms with van der Waals surface area (Å²) in [6.45, 7) is 0.335. The van der Waals surface area contributed by atoms with Gasteiger partial charge < -0.3 is 0 Å². The zero-order valence-electron chi connectivity index (χ0n) is 8.40. The molecule has 16 heavy (non-hydrogen) atoms. The van der Waals surface area contributed by atoms with Crippen molar-refractivity contribution >= 4 is 44.7 Å². The van der Waals surface area contributed by atoms with Gasteiger partial charge in [-0.15, -0.1) is 0 Å². The highest BCUT2D eigenvalue weighted by Crippen LogP contribution is 2.22. The number of benzene rings is 1. The van der Waals surface area contributed by atoms with Crippen molar-refractivity contribution in [3.8, 4) is 0 Å². The molecule has 0 heterocycles. The van der Waals surface area contributed by atoms with Crippen LogP contribution in [0.5, 0.6) is 0 Å². The first-order valence-corrected chi connectivity index (χ1v) is 6.90. The third-order valence-electron chi connectivity index (χ3n) is 1.67. The highest BCUT2D eigenvalue weighted by atomic mass is 35.5. The van der Waals surface area contributed by atoms with Crippen LogP contribution < -0.4 is 4.72 Å². The average Bonchev–Trinajstić information content (AvgIpc) is 2.14. The van der Waals surface area contributed by atoms with Gasteiger partial charge in [0.15, 0.2) is 0 Å². The summed E-state index contributed by atoms with van der Waals surface area (Å²) in [5.74, 6) is 0. The topological polar surface area (TPSA) is 58.5 Å². The Hall–Kier alpha value is -0.940. The zero-order valence-corrected chi connectivity index (χ0v) is 10.8. The van der Waals surface area contributed by atoms with E-state index < -0.39 is 10.0 Å². The molecule has 0 spiro atoms. The summed E-state index contributed by atoms with van der Waals surface area (Å²) in [5.41, 5.74) is 1.18. The molecule has 0 saturated heterocycles. The van der Waals surface area contributed by atoms with Gasteiger partial charge in [-0.1, -0.05) is 17.7 Å². The number of hydrogen-bond donors (Lipinski definition) is 1. The maximum absolute atomic E-state index is 11.0. The Morgan fingerprint density at radius 2 is 2.25 bits per heavy atom. The van der Waals surface area contributed by atoms with Gasteiger partial charge in [0.25, 0.3) is 0 Å².